The van der Waals surface area contributed by atoms with E-state index in [0.717, 1.165) is 15.7 Å². The van der Waals surface area contributed by atoms with E-state index in [4.69, 9.17) is 0 Å². The van der Waals surface area contributed by atoms with E-state index in [1.54, 1.807) is 18.5 Å². The fourth-order valence-electron chi connectivity index (χ4n) is 1.50. The third-order valence-electron chi connectivity index (χ3n) is 2.52. The molecule has 0 spiro atoms. The zero-order chi connectivity index (χ0) is 12.3. The van der Waals surface area contributed by atoms with Crippen molar-refractivity contribution in [2.24, 2.45) is 0 Å². The smallest absolute Gasteiger partial charge is 0.129 e. The summed E-state index contributed by atoms with van der Waals surface area (Å²) in [5, 5.41) is 3.17. The Bertz CT molecular complexity index is 529. The van der Waals surface area contributed by atoms with E-state index in [1.807, 2.05) is 19.1 Å². The summed E-state index contributed by atoms with van der Waals surface area (Å²) >= 11 is 3.23. The molecule has 0 atom stereocenters. The molecule has 1 aromatic carbocycles. The number of aromatic nitrogens is 1. The number of anilines is 1. The molecule has 0 saturated heterocycles. The Morgan fingerprint density at radius 2 is 2.18 bits per heavy atom. The molecule has 1 N–H and O–H groups in total. The molecule has 2 nitrogen and oxygen atoms in total. The van der Waals surface area contributed by atoms with Crippen molar-refractivity contribution in [3.63, 3.8) is 0 Å². The van der Waals surface area contributed by atoms with Crippen LogP contribution in [0.25, 0.3) is 0 Å². The number of nitrogens with one attached hydrogen (secondary N) is 1. The molecule has 88 valence electrons. The molecule has 17 heavy (non-hydrogen) atoms. The van der Waals surface area contributed by atoms with Crippen LogP contribution in [0.5, 0.6) is 0 Å². The highest BCUT2D eigenvalue weighted by molar-refractivity contribution is 9.10. The van der Waals surface area contributed by atoms with Crippen LogP contribution in [0, 0.1) is 12.7 Å². The fourth-order valence-corrected chi connectivity index (χ4v) is 1.84. The summed E-state index contributed by atoms with van der Waals surface area (Å²) in [5.74, 6) is -0.214. The van der Waals surface area contributed by atoms with Crippen LogP contribution in [0.1, 0.15) is 11.1 Å². The molecule has 0 aliphatic heterocycles. The monoisotopic (exact) mass is 294 g/mol. The lowest BCUT2D eigenvalue weighted by Crippen LogP contribution is -2.03. The second-order valence-electron chi connectivity index (χ2n) is 3.78. The summed E-state index contributed by atoms with van der Waals surface area (Å²) in [6.07, 6.45) is 3.48. The van der Waals surface area contributed by atoms with Crippen LogP contribution in [-0.4, -0.2) is 4.98 Å². The minimum absolute atomic E-state index is 0.214. The SMILES string of the molecule is Cc1ccncc1NCc1ccc(Br)cc1F. The van der Waals surface area contributed by atoms with Gasteiger partial charge in [0, 0.05) is 22.8 Å². The van der Waals surface area contributed by atoms with Crippen LogP contribution in [0.3, 0.4) is 0 Å². The number of pyridine rings is 1. The lowest BCUT2D eigenvalue weighted by atomic mass is 10.2. The Hall–Kier alpha value is -1.42. The molecular formula is C13H12BrFN2. The van der Waals surface area contributed by atoms with Gasteiger partial charge in [-0.05, 0) is 30.7 Å². The van der Waals surface area contributed by atoms with Gasteiger partial charge in [-0.1, -0.05) is 22.0 Å². The summed E-state index contributed by atoms with van der Waals surface area (Å²) in [6.45, 7) is 2.44. The lowest BCUT2D eigenvalue weighted by Gasteiger charge is -2.09. The van der Waals surface area contributed by atoms with Gasteiger partial charge in [-0.3, -0.25) is 4.98 Å². The van der Waals surface area contributed by atoms with E-state index in [1.165, 1.54) is 6.07 Å². The number of hydrogen-bond acceptors (Lipinski definition) is 2. The lowest BCUT2D eigenvalue weighted by molar-refractivity contribution is 0.612. The highest BCUT2D eigenvalue weighted by atomic mass is 79.9. The average molecular weight is 295 g/mol. The van der Waals surface area contributed by atoms with Gasteiger partial charge in [0.15, 0.2) is 0 Å². The quantitative estimate of drug-likeness (QED) is 0.928. The Morgan fingerprint density at radius 1 is 1.35 bits per heavy atom. The Balaban J connectivity index is 2.10. The van der Waals surface area contributed by atoms with Crippen molar-refractivity contribution in [2.45, 2.75) is 13.5 Å². The zero-order valence-corrected chi connectivity index (χ0v) is 11.0. The van der Waals surface area contributed by atoms with Crippen molar-refractivity contribution < 1.29 is 4.39 Å². The Kier molecular flexibility index (Phi) is 3.74. The molecule has 0 unspecified atom stereocenters. The van der Waals surface area contributed by atoms with Crippen molar-refractivity contribution in [1.82, 2.24) is 4.98 Å². The fraction of sp³-hybridized carbons (Fsp3) is 0.154. The van der Waals surface area contributed by atoms with E-state index in [0.29, 0.717) is 12.1 Å². The molecule has 0 aliphatic rings. The summed E-state index contributed by atoms with van der Waals surface area (Å²) in [5.41, 5.74) is 2.66. The van der Waals surface area contributed by atoms with E-state index < -0.39 is 0 Å². The van der Waals surface area contributed by atoms with Gasteiger partial charge in [0.05, 0.1) is 11.9 Å². The van der Waals surface area contributed by atoms with Gasteiger partial charge in [-0.25, -0.2) is 4.39 Å². The number of aryl methyl sites for hydroxylation is 1. The first-order valence-corrected chi connectivity index (χ1v) is 6.04. The first-order chi connectivity index (χ1) is 8.16. The van der Waals surface area contributed by atoms with Crippen molar-refractivity contribution in [3.05, 3.63) is 58.1 Å². The summed E-state index contributed by atoms with van der Waals surface area (Å²) < 4.78 is 14.3. The minimum Gasteiger partial charge on any atom is -0.379 e. The first-order valence-electron chi connectivity index (χ1n) is 5.25. The molecule has 0 amide bonds. The van der Waals surface area contributed by atoms with Crippen molar-refractivity contribution in [2.75, 3.05) is 5.32 Å². The van der Waals surface area contributed by atoms with Crippen LogP contribution in [0.4, 0.5) is 10.1 Å². The van der Waals surface area contributed by atoms with Crippen molar-refractivity contribution >= 4 is 21.6 Å². The maximum atomic E-state index is 13.6. The molecule has 0 aliphatic carbocycles. The van der Waals surface area contributed by atoms with E-state index in [-0.39, 0.29) is 5.82 Å². The van der Waals surface area contributed by atoms with Crippen LogP contribution >= 0.6 is 15.9 Å². The van der Waals surface area contributed by atoms with Crippen LogP contribution < -0.4 is 5.32 Å². The zero-order valence-electron chi connectivity index (χ0n) is 9.37. The van der Waals surface area contributed by atoms with Gasteiger partial charge in [0.25, 0.3) is 0 Å². The molecule has 1 aromatic heterocycles. The van der Waals surface area contributed by atoms with Crippen LogP contribution in [0.2, 0.25) is 0 Å². The minimum atomic E-state index is -0.214. The second-order valence-corrected chi connectivity index (χ2v) is 4.70. The summed E-state index contributed by atoms with van der Waals surface area (Å²) in [6, 6.07) is 6.97. The molecule has 2 rings (SSSR count). The third kappa shape index (κ3) is 3.03. The van der Waals surface area contributed by atoms with Gasteiger partial charge in [0.2, 0.25) is 0 Å². The molecule has 4 heteroatoms. The topological polar surface area (TPSA) is 24.9 Å². The highest BCUT2D eigenvalue weighted by Gasteiger charge is 2.03. The first kappa shape index (κ1) is 12.0. The van der Waals surface area contributed by atoms with E-state index >= 15 is 0 Å². The highest BCUT2D eigenvalue weighted by Crippen LogP contribution is 2.17. The average Bonchev–Trinajstić information content (AvgIpc) is 2.30. The van der Waals surface area contributed by atoms with Gasteiger partial charge >= 0.3 is 0 Å². The van der Waals surface area contributed by atoms with E-state index in [9.17, 15) is 4.39 Å². The Morgan fingerprint density at radius 3 is 2.88 bits per heavy atom. The van der Waals surface area contributed by atoms with E-state index in [2.05, 4.69) is 26.2 Å². The standard InChI is InChI=1S/C13H12BrFN2/c1-9-4-5-16-8-13(9)17-7-10-2-3-11(14)6-12(10)15/h2-6,8,17H,7H2,1H3. The van der Waals surface area contributed by atoms with Gasteiger partial charge in [-0.2, -0.15) is 0 Å². The Labute approximate surface area is 108 Å². The van der Waals surface area contributed by atoms with Gasteiger partial charge in [0.1, 0.15) is 5.82 Å². The molecular weight excluding hydrogens is 283 g/mol. The molecule has 0 radical (unpaired) electrons. The number of halogens is 2. The summed E-state index contributed by atoms with van der Waals surface area (Å²) in [7, 11) is 0. The molecule has 0 fully saturated rings. The molecule has 1 heterocycles. The normalized spacial score (nSPS) is 10.3. The number of benzene rings is 1. The van der Waals surface area contributed by atoms with Crippen LogP contribution in [0.15, 0.2) is 41.1 Å². The molecule has 0 bridgehead atoms. The largest absolute Gasteiger partial charge is 0.379 e. The third-order valence-corrected chi connectivity index (χ3v) is 3.02. The van der Waals surface area contributed by atoms with Gasteiger partial charge in [-0.15, -0.1) is 0 Å². The predicted octanol–water partition coefficient (Wildman–Crippen LogP) is 3.90. The van der Waals surface area contributed by atoms with Gasteiger partial charge < -0.3 is 5.32 Å². The maximum Gasteiger partial charge on any atom is 0.129 e. The molecule has 2 aromatic rings. The molecule has 0 saturated carbocycles. The van der Waals surface area contributed by atoms with Crippen LogP contribution in [-0.2, 0) is 6.54 Å². The second kappa shape index (κ2) is 5.27. The number of rotatable bonds is 3. The summed E-state index contributed by atoms with van der Waals surface area (Å²) in [4.78, 5) is 4.03. The predicted molar refractivity (Wildman–Crippen MR) is 70.4 cm³/mol. The van der Waals surface area contributed by atoms with Crippen molar-refractivity contribution in [3.8, 4) is 0 Å². The van der Waals surface area contributed by atoms with Crippen molar-refractivity contribution in [1.29, 1.82) is 0 Å². The number of nitrogens with zero attached hydrogens (tertiary/aromatic N) is 1. The number of hydrogen-bond donors (Lipinski definition) is 1. The maximum absolute atomic E-state index is 13.6.